The van der Waals surface area contributed by atoms with Gasteiger partial charge in [0, 0.05) is 36.7 Å². The number of hydrogen-bond donors (Lipinski definition) is 2. The van der Waals surface area contributed by atoms with E-state index in [1.807, 2.05) is 12.1 Å². The van der Waals surface area contributed by atoms with Gasteiger partial charge in [0.25, 0.3) is 0 Å². The Morgan fingerprint density at radius 1 is 1.08 bits per heavy atom. The van der Waals surface area contributed by atoms with Crippen LogP contribution in [-0.4, -0.2) is 35.2 Å². The van der Waals surface area contributed by atoms with E-state index in [4.69, 9.17) is 23.8 Å². The van der Waals surface area contributed by atoms with Crippen LogP contribution in [-0.2, 0) is 6.54 Å². The summed E-state index contributed by atoms with van der Waals surface area (Å²) in [5.74, 6) is 0.731. The highest BCUT2D eigenvalue weighted by molar-refractivity contribution is 7.80. The summed E-state index contributed by atoms with van der Waals surface area (Å²) >= 11 is 11.5. The van der Waals surface area contributed by atoms with Crippen molar-refractivity contribution >= 4 is 28.9 Å². The van der Waals surface area contributed by atoms with Crippen LogP contribution in [0.4, 0.5) is 0 Å². The number of thiocarbonyl (C=S) groups is 1. The molecule has 1 aromatic carbocycles. The normalized spacial score (nSPS) is 25.5. The Morgan fingerprint density at radius 3 is 2.44 bits per heavy atom. The lowest BCUT2D eigenvalue weighted by Crippen LogP contribution is -2.51. The summed E-state index contributed by atoms with van der Waals surface area (Å²) in [4.78, 5) is 2.51. The van der Waals surface area contributed by atoms with Gasteiger partial charge in [-0.05, 0) is 61.5 Å². The van der Waals surface area contributed by atoms with E-state index in [0.717, 1.165) is 48.5 Å². The first-order valence-corrected chi connectivity index (χ1v) is 10.4. The molecule has 5 heteroatoms. The Hall–Kier alpha value is -0.840. The highest BCUT2D eigenvalue weighted by Crippen LogP contribution is 2.23. The Balaban J connectivity index is 1.38. The zero-order valence-electron chi connectivity index (χ0n) is 15.1. The summed E-state index contributed by atoms with van der Waals surface area (Å²) < 4.78 is 0. The third-order valence-electron chi connectivity index (χ3n) is 5.67. The van der Waals surface area contributed by atoms with Gasteiger partial charge in [-0.25, -0.2) is 0 Å². The lowest BCUT2D eigenvalue weighted by atomic mass is 9.86. The standard InChI is InChI=1S/C20H30ClN3S/c1-15-4-2-3-5-19(15)23-20(25)22-18-10-12-24(13-11-18)14-16-6-8-17(21)9-7-16/h6-9,15,18-19H,2-5,10-14H2,1H3,(H2,22,23,25)/t15-,19+/m0/s1. The second-order valence-corrected chi connectivity index (χ2v) is 8.51. The van der Waals surface area contributed by atoms with Crippen LogP contribution < -0.4 is 10.6 Å². The molecule has 1 aliphatic carbocycles. The number of likely N-dealkylation sites (tertiary alicyclic amines) is 1. The molecule has 0 unspecified atom stereocenters. The summed E-state index contributed by atoms with van der Waals surface area (Å²) in [6, 6.07) is 9.25. The van der Waals surface area contributed by atoms with Gasteiger partial charge in [-0.2, -0.15) is 0 Å². The van der Waals surface area contributed by atoms with Crippen LogP contribution in [0.3, 0.4) is 0 Å². The zero-order valence-corrected chi connectivity index (χ0v) is 16.7. The first-order chi connectivity index (χ1) is 12.1. The summed E-state index contributed by atoms with van der Waals surface area (Å²) in [5.41, 5.74) is 1.33. The predicted molar refractivity (Wildman–Crippen MR) is 110 cm³/mol. The van der Waals surface area contributed by atoms with Crippen LogP contribution in [0.25, 0.3) is 0 Å². The van der Waals surface area contributed by atoms with Crippen molar-refractivity contribution in [2.45, 2.75) is 64.1 Å². The molecule has 2 atom stereocenters. The molecule has 1 saturated heterocycles. The van der Waals surface area contributed by atoms with Crippen LogP contribution in [0.1, 0.15) is 51.0 Å². The van der Waals surface area contributed by atoms with Crippen molar-refractivity contribution in [3.8, 4) is 0 Å². The zero-order chi connectivity index (χ0) is 17.6. The van der Waals surface area contributed by atoms with Crippen LogP contribution in [0.5, 0.6) is 0 Å². The summed E-state index contributed by atoms with van der Waals surface area (Å²) in [5, 5.41) is 8.78. The Kier molecular flexibility index (Phi) is 6.97. The fourth-order valence-electron chi connectivity index (χ4n) is 4.01. The number of benzene rings is 1. The molecule has 3 rings (SSSR count). The third kappa shape index (κ3) is 5.83. The summed E-state index contributed by atoms with van der Waals surface area (Å²) in [6.45, 7) is 5.58. The molecule has 2 fully saturated rings. The summed E-state index contributed by atoms with van der Waals surface area (Å²) in [7, 11) is 0. The summed E-state index contributed by atoms with van der Waals surface area (Å²) in [6.07, 6.45) is 7.57. The van der Waals surface area contributed by atoms with Crippen LogP contribution >= 0.6 is 23.8 Å². The molecule has 25 heavy (non-hydrogen) atoms. The van der Waals surface area contributed by atoms with Crippen LogP contribution in [0.15, 0.2) is 24.3 Å². The van der Waals surface area contributed by atoms with Crippen molar-refractivity contribution in [2.75, 3.05) is 13.1 Å². The lowest BCUT2D eigenvalue weighted by molar-refractivity contribution is 0.198. The third-order valence-corrected chi connectivity index (χ3v) is 6.16. The number of halogens is 1. The minimum atomic E-state index is 0.500. The van der Waals surface area contributed by atoms with Gasteiger partial charge in [-0.1, -0.05) is 43.5 Å². The van der Waals surface area contributed by atoms with Crippen molar-refractivity contribution < 1.29 is 0 Å². The van der Waals surface area contributed by atoms with E-state index in [-0.39, 0.29) is 0 Å². The number of nitrogens with zero attached hydrogens (tertiary/aromatic N) is 1. The van der Waals surface area contributed by atoms with E-state index in [2.05, 4.69) is 34.6 Å². The van der Waals surface area contributed by atoms with Gasteiger partial charge in [0.05, 0.1) is 0 Å². The molecule has 0 radical (unpaired) electrons. The number of rotatable bonds is 4. The van der Waals surface area contributed by atoms with Gasteiger partial charge in [0.15, 0.2) is 5.11 Å². The quantitative estimate of drug-likeness (QED) is 0.760. The maximum Gasteiger partial charge on any atom is 0.166 e. The molecule has 0 aromatic heterocycles. The SMILES string of the molecule is C[C@H]1CCCC[C@H]1NC(=S)NC1CCN(Cc2ccc(Cl)cc2)CC1. The van der Waals surface area contributed by atoms with Crippen molar-refractivity contribution in [1.82, 2.24) is 15.5 Å². The van der Waals surface area contributed by atoms with Gasteiger partial charge in [-0.3, -0.25) is 4.90 Å². The minimum Gasteiger partial charge on any atom is -0.360 e. The van der Waals surface area contributed by atoms with E-state index in [0.29, 0.717) is 12.1 Å². The Bertz CT molecular complexity index is 555. The maximum atomic E-state index is 5.96. The topological polar surface area (TPSA) is 27.3 Å². The van der Waals surface area contributed by atoms with Crippen molar-refractivity contribution in [2.24, 2.45) is 5.92 Å². The second kappa shape index (κ2) is 9.20. The molecule has 2 N–H and O–H groups in total. The van der Waals surface area contributed by atoms with Crippen LogP contribution in [0.2, 0.25) is 5.02 Å². The van der Waals surface area contributed by atoms with Crippen LogP contribution in [0, 0.1) is 5.92 Å². The molecule has 3 nitrogen and oxygen atoms in total. The average Bonchev–Trinajstić information content (AvgIpc) is 2.61. The number of piperidine rings is 1. The number of nitrogens with one attached hydrogen (secondary N) is 2. The highest BCUT2D eigenvalue weighted by Gasteiger charge is 2.24. The molecule has 138 valence electrons. The van der Waals surface area contributed by atoms with Gasteiger partial charge >= 0.3 is 0 Å². The highest BCUT2D eigenvalue weighted by atomic mass is 35.5. The fraction of sp³-hybridized carbons (Fsp3) is 0.650. The van der Waals surface area contributed by atoms with Gasteiger partial charge < -0.3 is 10.6 Å². The molecule has 1 aliphatic heterocycles. The molecular weight excluding hydrogens is 350 g/mol. The molecule has 0 bridgehead atoms. The Morgan fingerprint density at radius 2 is 1.76 bits per heavy atom. The van der Waals surface area contributed by atoms with Crippen molar-refractivity contribution in [3.05, 3.63) is 34.9 Å². The van der Waals surface area contributed by atoms with E-state index in [9.17, 15) is 0 Å². The maximum absolute atomic E-state index is 5.96. The molecule has 2 aliphatic rings. The van der Waals surface area contributed by atoms with Crippen molar-refractivity contribution in [1.29, 1.82) is 0 Å². The molecule has 0 spiro atoms. The van der Waals surface area contributed by atoms with Gasteiger partial charge in [0.1, 0.15) is 0 Å². The molecule has 0 amide bonds. The molecule has 1 aromatic rings. The largest absolute Gasteiger partial charge is 0.360 e. The Labute approximate surface area is 162 Å². The lowest BCUT2D eigenvalue weighted by Gasteiger charge is -2.35. The molecular formula is C20H30ClN3S. The fourth-order valence-corrected chi connectivity index (χ4v) is 4.45. The monoisotopic (exact) mass is 379 g/mol. The van der Waals surface area contributed by atoms with E-state index < -0.39 is 0 Å². The molecule has 1 saturated carbocycles. The van der Waals surface area contributed by atoms with Gasteiger partial charge in [-0.15, -0.1) is 0 Å². The first kappa shape index (κ1) is 18.9. The average molecular weight is 380 g/mol. The predicted octanol–water partition coefficient (Wildman–Crippen LogP) is 4.35. The minimum absolute atomic E-state index is 0.500. The van der Waals surface area contributed by atoms with Gasteiger partial charge in [0.2, 0.25) is 0 Å². The number of hydrogen-bond acceptors (Lipinski definition) is 2. The van der Waals surface area contributed by atoms with E-state index in [1.54, 1.807) is 0 Å². The first-order valence-electron chi connectivity index (χ1n) is 9.64. The smallest absolute Gasteiger partial charge is 0.166 e. The molecule has 1 heterocycles. The second-order valence-electron chi connectivity index (χ2n) is 7.66. The van der Waals surface area contributed by atoms with E-state index >= 15 is 0 Å². The van der Waals surface area contributed by atoms with E-state index in [1.165, 1.54) is 31.2 Å². The van der Waals surface area contributed by atoms with Crippen molar-refractivity contribution in [3.63, 3.8) is 0 Å².